The summed E-state index contributed by atoms with van der Waals surface area (Å²) in [6.45, 7) is -0.110. The number of carbonyl (C=O) groups is 2. The molecule has 0 atom stereocenters. The van der Waals surface area contributed by atoms with Crippen molar-refractivity contribution in [3.8, 4) is 0 Å². The van der Waals surface area contributed by atoms with E-state index in [0.717, 1.165) is 5.56 Å². The smallest absolute Gasteiger partial charge is 0.326 e. The molecule has 2 rings (SSSR count). The Labute approximate surface area is 176 Å². The minimum absolute atomic E-state index is 0.0727. The third kappa shape index (κ3) is 6.59. The number of nitrogens with one attached hydrogen (secondary N) is 1. The molecule has 1 aromatic heterocycles. The van der Waals surface area contributed by atoms with Gasteiger partial charge in [-0.05, 0) is 62.9 Å². The third-order valence-corrected chi connectivity index (χ3v) is 4.86. The molecular weight excluding hydrogens is 573 g/mol. The highest BCUT2D eigenvalue weighted by atomic mass is 127. The number of benzene rings is 1. The monoisotopic (exact) mass is 586 g/mol. The number of amides is 1. The van der Waals surface area contributed by atoms with Crippen molar-refractivity contribution in [2.45, 2.75) is 13.1 Å². The summed E-state index contributed by atoms with van der Waals surface area (Å²) in [4.78, 5) is 35.2. The lowest BCUT2D eigenvalue weighted by atomic mass is 10.2. The van der Waals surface area contributed by atoms with Gasteiger partial charge in [-0.25, -0.2) is 0 Å². The first-order valence-electron chi connectivity index (χ1n) is 7.07. The number of nitrogens with zero attached hydrogens (tertiary/aromatic N) is 1. The van der Waals surface area contributed by atoms with Crippen LogP contribution < -0.4 is 10.7 Å². The van der Waals surface area contributed by atoms with Gasteiger partial charge in [0.1, 0.15) is 6.54 Å². The van der Waals surface area contributed by atoms with Gasteiger partial charge in [-0.2, -0.15) is 0 Å². The fourth-order valence-electron chi connectivity index (χ4n) is 1.85. The summed E-state index contributed by atoms with van der Waals surface area (Å²) in [6, 6.07) is 7.06. The lowest BCUT2D eigenvalue weighted by molar-refractivity contribution is -0.149. The number of carbonyl (C=O) groups excluding carboxylic acids is 2. The van der Waals surface area contributed by atoms with Gasteiger partial charge < -0.3 is 14.6 Å². The average molecular weight is 587 g/mol. The molecule has 1 aromatic carbocycles. The molecule has 0 saturated heterocycles. The van der Waals surface area contributed by atoms with Gasteiger partial charge in [0.15, 0.2) is 6.61 Å². The van der Waals surface area contributed by atoms with E-state index in [1.54, 1.807) is 41.2 Å². The van der Waals surface area contributed by atoms with Crippen LogP contribution >= 0.6 is 56.8 Å². The van der Waals surface area contributed by atoms with Crippen LogP contribution in [-0.2, 0) is 27.4 Å². The Kier molecular flexibility index (Phi) is 7.69. The first-order chi connectivity index (χ1) is 11.8. The Morgan fingerprint density at radius 3 is 2.32 bits per heavy atom. The van der Waals surface area contributed by atoms with Crippen LogP contribution in [0.5, 0.6) is 0 Å². The molecule has 1 N–H and O–H groups in total. The Bertz CT molecular complexity index is 811. The molecule has 6 nitrogen and oxygen atoms in total. The van der Waals surface area contributed by atoms with Gasteiger partial charge in [-0.15, -0.1) is 0 Å². The normalized spacial score (nSPS) is 10.4. The van der Waals surface area contributed by atoms with E-state index in [9.17, 15) is 14.4 Å². The Morgan fingerprint density at radius 1 is 1.12 bits per heavy atom. The first kappa shape index (κ1) is 20.2. The predicted molar refractivity (Wildman–Crippen MR) is 110 cm³/mol. The Balaban J connectivity index is 1.78. The van der Waals surface area contributed by atoms with Gasteiger partial charge in [0, 0.05) is 24.0 Å². The summed E-state index contributed by atoms with van der Waals surface area (Å²) in [6.07, 6.45) is 3.12. The number of hydrogen-bond donors (Lipinski definition) is 1. The maximum absolute atomic E-state index is 11.8. The molecule has 0 aliphatic rings. The maximum Gasteiger partial charge on any atom is 0.326 e. The molecule has 0 aliphatic carbocycles. The number of hydrogen-bond acceptors (Lipinski definition) is 4. The Morgan fingerprint density at radius 2 is 1.72 bits per heavy atom. The first-order valence-corrected chi connectivity index (χ1v) is 9.60. The molecule has 0 bridgehead atoms. The molecule has 132 valence electrons. The van der Waals surface area contributed by atoms with Gasteiger partial charge in [-0.1, -0.05) is 23.7 Å². The van der Waals surface area contributed by atoms with Crippen LogP contribution in [-0.4, -0.2) is 23.1 Å². The summed E-state index contributed by atoms with van der Waals surface area (Å²) < 4.78 is 7.53. The minimum Gasteiger partial charge on any atom is -0.454 e. The van der Waals surface area contributed by atoms with E-state index < -0.39 is 11.9 Å². The van der Waals surface area contributed by atoms with Crippen molar-refractivity contribution in [2.24, 2.45) is 0 Å². The second-order valence-electron chi connectivity index (χ2n) is 5.02. The zero-order valence-corrected chi connectivity index (χ0v) is 17.9. The SMILES string of the molecule is O=C(COC(=O)Cn1cc(I)c(=O)c(I)c1)NCc1ccc(Cl)cc1. The van der Waals surface area contributed by atoms with Crippen LogP contribution in [0, 0.1) is 7.14 Å². The van der Waals surface area contributed by atoms with Crippen LogP contribution in [0.3, 0.4) is 0 Å². The summed E-state index contributed by atoms with van der Waals surface area (Å²) in [5.41, 5.74) is 0.814. The van der Waals surface area contributed by atoms with Crippen LogP contribution in [0.15, 0.2) is 41.5 Å². The van der Waals surface area contributed by atoms with Crippen LogP contribution in [0.25, 0.3) is 0 Å². The van der Waals surface area contributed by atoms with Crippen molar-refractivity contribution in [2.75, 3.05) is 6.61 Å². The molecule has 25 heavy (non-hydrogen) atoms. The summed E-state index contributed by atoms with van der Waals surface area (Å²) >= 11 is 9.61. The second kappa shape index (κ2) is 9.53. The summed E-state index contributed by atoms with van der Waals surface area (Å²) in [5.74, 6) is -0.954. The molecular formula is C16H13ClI2N2O4. The van der Waals surface area contributed by atoms with Gasteiger partial charge in [-0.3, -0.25) is 14.4 Å². The van der Waals surface area contributed by atoms with Crippen molar-refractivity contribution < 1.29 is 14.3 Å². The topological polar surface area (TPSA) is 77.4 Å². The van der Waals surface area contributed by atoms with Gasteiger partial charge in [0.2, 0.25) is 5.43 Å². The summed E-state index contributed by atoms with van der Waals surface area (Å²) in [7, 11) is 0. The molecule has 0 radical (unpaired) electrons. The lowest BCUT2D eigenvalue weighted by Crippen LogP contribution is -2.29. The average Bonchev–Trinajstić information content (AvgIpc) is 2.57. The van der Waals surface area contributed by atoms with Crippen molar-refractivity contribution >= 4 is 68.7 Å². The predicted octanol–water partition coefficient (Wildman–Crippen LogP) is 2.57. The van der Waals surface area contributed by atoms with Crippen LogP contribution in [0.4, 0.5) is 0 Å². The number of ether oxygens (including phenoxy) is 1. The van der Waals surface area contributed by atoms with Crippen molar-refractivity contribution in [1.29, 1.82) is 0 Å². The molecule has 2 aromatic rings. The van der Waals surface area contributed by atoms with Crippen molar-refractivity contribution in [1.82, 2.24) is 9.88 Å². The fraction of sp³-hybridized carbons (Fsp3) is 0.188. The molecule has 0 aliphatic heterocycles. The molecule has 0 saturated carbocycles. The number of pyridine rings is 1. The molecule has 0 unspecified atom stereocenters. The highest BCUT2D eigenvalue weighted by molar-refractivity contribution is 14.1. The number of aromatic nitrogens is 1. The highest BCUT2D eigenvalue weighted by Crippen LogP contribution is 2.09. The number of halogens is 3. The van der Waals surface area contributed by atoms with E-state index in [4.69, 9.17) is 16.3 Å². The zero-order valence-electron chi connectivity index (χ0n) is 12.8. The largest absolute Gasteiger partial charge is 0.454 e. The van der Waals surface area contributed by atoms with E-state index in [2.05, 4.69) is 5.32 Å². The summed E-state index contributed by atoms with van der Waals surface area (Å²) in [5, 5.41) is 3.27. The Hall–Kier alpha value is -1.14. The van der Waals surface area contributed by atoms with Crippen molar-refractivity contribution in [3.05, 3.63) is 64.6 Å². The molecule has 9 heteroatoms. The van der Waals surface area contributed by atoms with Crippen molar-refractivity contribution in [3.63, 3.8) is 0 Å². The quantitative estimate of drug-likeness (QED) is 0.417. The molecule has 0 fully saturated rings. The molecule has 1 heterocycles. The maximum atomic E-state index is 11.8. The zero-order chi connectivity index (χ0) is 18.4. The van der Waals surface area contributed by atoms with Gasteiger partial charge >= 0.3 is 5.97 Å². The second-order valence-corrected chi connectivity index (χ2v) is 7.78. The minimum atomic E-state index is -0.558. The van der Waals surface area contributed by atoms with E-state index in [-0.39, 0.29) is 18.6 Å². The van der Waals surface area contributed by atoms with E-state index in [1.807, 2.05) is 45.2 Å². The molecule has 0 spiro atoms. The fourth-order valence-corrected chi connectivity index (χ4v) is 3.78. The standard InChI is InChI=1S/C16H13ClI2N2O4/c17-11-3-1-10(2-4-11)5-20-14(22)9-25-15(23)8-21-6-12(18)16(24)13(19)7-21/h1-4,6-7H,5,8-9H2,(H,20,22). The number of esters is 1. The van der Waals surface area contributed by atoms with Crippen LogP contribution in [0.2, 0.25) is 5.02 Å². The molecule has 1 amide bonds. The number of rotatable bonds is 6. The van der Waals surface area contributed by atoms with Gasteiger partial charge in [0.25, 0.3) is 5.91 Å². The third-order valence-electron chi connectivity index (χ3n) is 3.07. The van der Waals surface area contributed by atoms with Crippen LogP contribution in [0.1, 0.15) is 5.56 Å². The lowest BCUT2D eigenvalue weighted by Gasteiger charge is -2.09. The van der Waals surface area contributed by atoms with E-state index in [0.29, 0.717) is 18.7 Å². The highest BCUT2D eigenvalue weighted by Gasteiger charge is 2.10. The van der Waals surface area contributed by atoms with E-state index >= 15 is 0 Å². The van der Waals surface area contributed by atoms with Gasteiger partial charge in [0.05, 0.1) is 7.14 Å². The van der Waals surface area contributed by atoms with E-state index in [1.165, 1.54) is 0 Å².